The smallest absolute Gasteiger partial charge is 0.481 e. The van der Waals surface area contributed by atoms with Gasteiger partial charge in [-0.2, -0.15) is 0 Å². The Bertz CT molecular complexity index is 506. The van der Waals surface area contributed by atoms with E-state index in [1.807, 2.05) is 0 Å². The third kappa shape index (κ3) is 5.33. The van der Waals surface area contributed by atoms with Gasteiger partial charge in [0.05, 0.1) is 12.8 Å². The van der Waals surface area contributed by atoms with E-state index >= 15 is 0 Å². The van der Waals surface area contributed by atoms with Crippen molar-refractivity contribution in [1.82, 2.24) is 0 Å². The minimum Gasteiger partial charge on any atom is -0.481 e. The van der Waals surface area contributed by atoms with Crippen LogP contribution in [-0.4, -0.2) is 28.5 Å². The van der Waals surface area contributed by atoms with Gasteiger partial charge >= 0.3 is 18.3 Å². The van der Waals surface area contributed by atoms with Gasteiger partial charge in [-0.15, -0.1) is 13.2 Å². The van der Waals surface area contributed by atoms with Crippen molar-refractivity contribution >= 4 is 11.9 Å². The topological polar surface area (TPSA) is 83.8 Å². The predicted octanol–water partition coefficient (Wildman–Crippen LogP) is 2.79. The zero-order valence-corrected chi connectivity index (χ0v) is 11.0. The summed E-state index contributed by atoms with van der Waals surface area (Å²) in [5.74, 6) is -2.86. The van der Waals surface area contributed by atoms with Crippen LogP contribution in [0.2, 0.25) is 0 Å². The highest BCUT2D eigenvalue weighted by Crippen LogP contribution is 2.33. The molecule has 0 unspecified atom stereocenters. The molecule has 21 heavy (non-hydrogen) atoms. The first-order chi connectivity index (χ1) is 9.52. The molecule has 1 aromatic carbocycles. The SMILES string of the molecule is CC(CC(=O)O)(CC(=O)O)c1ccc(OC(F)(F)F)cc1. The van der Waals surface area contributed by atoms with Gasteiger partial charge in [-0.3, -0.25) is 9.59 Å². The first-order valence-electron chi connectivity index (χ1n) is 5.82. The van der Waals surface area contributed by atoms with E-state index in [1.54, 1.807) is 0 Å². The molecule has 8 heteroatoms. The Balaban J connectivity index is 3.03. The van der Waals surface area contributed by atoms with Crippen molar-refractivity contribution in [2.75, 3.05) is 0 Å². The lowest BCUT2D eigenvalue weighted by atomic mass is 9.77. The molecule has 0 aliphatic heterocycles. The second kappa shape index (κ2) is 6.02. The molecule has 1 aromatic rings. The molecule has 0 bridgehead atoms. The van der Waals surface area contributed by atoms with Crippen LogP contribution in [0.4, 0.5) is 13.2 Å². The lowest BCUT2D eigenvalue weighted by Gasteiger charge is -2.26. The average Bonchev–Trinajstić information content (AvgIpc) is 2.24. The Morgan fingerprint density at radius 3 is 1.81 bits per heavy atom. The highest BCUT2D eigenvalue weighted by Gasteiger charge is 2.34. The van der Waals surface area contributed by atoms with Crippen molar-refractivity contribution in [2.24, 2.45) is 0 Å². The van der Waals surface area contributed by atoms with E-state index in [2.05, 4.69) is 4.74 Å². The summed E-state index contributed by atoms with van der Waals surface area (Å²) in [6.45, 7) is 1.43. The lowest BCUT2D eigenvalue weighted by Crippen LogP contribution is -2.29. The molecular formula is C13H13F3O5. The van der Waals surface area contributed by atoms with Crippen molar-refractivity contribution in [2.45, 2.75) is 31.5 Å². The molecule has 0 atom stereocenters. The van der Waals surface area contributed by atoms with Crippen molar-refractivity contribution in [3.63, 3.8) is 0 Å². The van der Waals surface area contributed by atoms with E-state index in [0.717, 1.165) is 12.1 Å². The number of ether oxygens (including phenoxy) is 1. The van der Waals surface area contributed by atoms with Crippen LogP contribution in [0.1, 0.15) is 25.3 Å². The number of carboxylic acids is 2. The first kappa shape index (κ1) is 16.8. The number of carbonyl (C=O) groups is 2. The number of aliphatic carboxylic acids is 2. The van der Waals surface area contributed by atoms with Crippen molar-refractivity contribution < 1.29 is 37.7 Å². The fourth-order valence-corrected chi connectivity index (χ4v) is 1.99. The van der Waals surface area contributed by atoms with Gasteiger partial charge in [0.15, 0.2) is 0 Å². The molecule has 0 spiro atoms. The second-order valence-electron chi connectivity index (χ2n) is 4.77. The summed E-state index contributed by atoms with van der Waals surface area (Å²) in [5, 5.41) is 17.7. The summed E-state index contributed by atoms with van der Waals surface area (Å²) in [5.41, 5.74) is -0.921. The van der Waals surface area contributed by atoms with Crippen LogP contribution in [0.5, 0.6) is 5.75 Å². The second-order valence-corrected chi connectivity index (χ2v) is 4.77. The maximum Gasteiger partial charge on any atom is 0.573 e. The van der Waals surface area contributed by atoms with Crippen molar-refractivity contribution in [3.8, 4) is 5.75 Å². The van der Waals surface area contributed by atoms with Crippen molar-refractivity contribution in [1.29, 1.82) is 0 Å². The summed E-state index contributed by atoms with van der Waals surface area (Å²) in [6.07, 6.45) is -5.75. The van der Waals surface area contributed by atoms with Crippen LogP contribution >= 0.6 is 0 Å². The van der Waals surface area contributed by atoms with Gasteiger partial charge in [0, 0.05) is 5.41 Å². The van der Waals surface area contributed by atoms with Gasteiger partial charge < -0.3 is 14.9 Å². The lowest BCUT2D eigenvalue weighted by molar-refractivity contribution is -0.274. The molecule has 116 valence electrons. The molecule has 0 aliphatic carbocycles. The Morgan fingerprint density at radius 1 is 1.05 bits per heavy atom. The van der Waals surface area contributed by atoms with E-state index in [1.165, 1.54) is 19.1 Å². The van der Waals surface area contributed by atoms with E-state index in [-0.39, 0.29) is 0 Å². The Morgan fingerprint density at radius 2 is 1.48 bits per heavy atom. The fourth-order valence-electron chi connectivity index (χ4n) is 1.99. The van der Waals surface area contributed by atoms with Crippen molar-refractivity contribution in [3.05, 3.63) is 29.8 Å². The Labute approximate surface area is 118 Å². The number of hydrogen-bond acceptors (Lipinski definition) is 3. The van der Waals surface area contributed by atoms with Crippen LogP contribution in [0.15, 0.2) is 24.3 Å². The summed E-state index contributed by atoms with van der Waals surface area (Å²) in [4.78, 5) is 21.7. The third-order valence-electron chi connectivity index (χ3n) is 2.87. The standard InChI is InChI=1S/C13H13F3O5/c1-12(6-10(17)18,7-11(19)20)8-2-4-9(5-3-8)21-13(14,15)16/h2-5H,6-7H2,1H3,(H,17,18)(H,19,20). The zero-order chi connectivity index (χ0) is 16.3. The van der Waals surface area contributed by atoms with Crippen LogP contribution in [0.25, 0.3) is 0 Å². The summed E-state index contributed by atoms with van der Waals surface area (Å²) in [7, 11) is 0. The minimum absolute atomic E-state index is 0.307. The van der Waals surface area contributed by atoms with Gasteiger partial charge in [0.1, 0.15) is 5.75 Å². The maximum absolute atomic E-state index is 12.0. The number of carboxylic acid groups (broad SMARTS) is 2. The molecule has 0 saturated carbocycles. The Hall–Kier alpha value is -2.25. The largest absolute Gasteiger partial charge is 0.573 e. The number of rotatable bonds is 6. The highest BCUT2D eigenvalue weighted by atomic mass is 19.4. The molecule has 0 saturated heterocycles. The number of halogens is 3. The highest BCUT2D eigenvalue weighted by molar-refractivity contribution is 5.74. The van der Waals surface area contributed by atoms with Crippen LogP contribution in [-0.2, 0) is 15.0 Å². The number of alkyl halides is 3. The predicted molar refractivity (Wildman–Crippen MR) is 65.0 cm³/mol. The fraction of sp³-hybridized carbons (Fsp3) is 0.385. The first-order valence-corrected chi connectivity index (χ1v) is 5.82. The number of hydrogen-bond donors (Lipinski definition) is 2. The van der Waals surface area contributed by atoms with Gasteiger partial charge in [0.25, 0.3) is 0 Å². The molecular weight excluding hydrogens is 293 g/mol. The van der Waals surface area contributed by atoms with Crippen LogP contribution in [0.3, 0.4) is 0 Å². The minimum atomic E-state index is -4.83. The average molecular weight is 306 g/mol. The Kier molecular flexibility index (Phi) is 4.82. The third-order valence-corrected chi connectivity index (χ3v) is 2.87. The molecule has 0 aromatic heterocycles. The zero-order valence-electron chi connectivity index (χ0n) is 11.0. The van der Waals surface area contributed by atoms with E-state index in [0.29, 0.717) is 5.56 Å². The quantitative estimate of drug-likeness (QED) is 0.844. The molecule has 0 amide bonds. The summed E-state index contributed by atoms with van der Waals surface area (Å²) < 4.78 is 39.8. The van der Waals surface area contributed by atoms with Gasteiger partial charge in [-0.1, -0.05) is 19.1 Å². The summed E-state index contributed by atoms with van der Waals surface area (Å²) >= 11 is 0. The maximum atomic E-state index is 12.0. The molecule has 0 heterocycles. The van der Waals surface area contributed by atoms with Gasteiger partial charge in [-0.25, -0.2) is 0 Å². The molecule has 2 N–H and O–H groups in total. The monoisotopic (exact) mass is 306 g/mol. The van der Waals surface area contributed by atoms with Crippen LogP contribution in [0, 0.1) is 0 Å². The summed E-state index contributed by atoms with van der Waals surface area (Å²) in [6, 6.07) is 4.50. The van der Waals surface area contributed by atoms with Crippen LogP contribution < -0.4 is 4.74 Å². The molecule has 5 nitrogen and oxygen atoms in total. The van der Waals surface area contributed by atoms with Gasteiger partial charge in [0.2, 0.25) is 0 Å². The van der Waals surface area contributed by atoms with Gasteiger partial charge in [-0.05, 0) is 17.7 Å². The molecule has 1 rings (SSSR count). The van der Waals surface area contributed by atoms with E-state index < -0.39 is 42.3 Å². The van der Waals surface area contributed by atoms with E-state index in [4.69, 9.17) is 10.2 Å². The molecule has 0 radical (unpaired) electrons. The normalized spacial score (nSPS) is 12.0. The molecule has 0 aliphatic rings. The molecule has 0 fully saturated rings. The van der Waals surface area contributed by atoms with E-state index in [9.17, 15) is 22.8 Å². The number of benzene rings is 1.